The van der Waals surface area contributed by atoms with Crippen LogP contribution in [0, 0.1) is 5.92 Å². The number of hydrogen-bond acceptors (Lipinski definition) is 4. The fourth-order valence-corrected chi connectivity index (χ4v) is 3.31. The zero-order valence-corrected chi connectivity index (χ0v) is 13.3. The predicted molar refractivity (Wildman–Crippen MR) is 94.5 cm³/mol. The number of benzene rings is 2. The molecule has 0 unspecified atom stereocenters. The number of aliphatic imine (C=N–C) groups is 1. The smallest absolute Gasteiger partial charge is 0.115 e. The fraction of sp³-hybridized carbons (Fsp3) is 0.316. The normalized spacial score (nSPS) is 16.2. The number of rotatable bonds is 4. The molecular weight excluding hydrogens is 286 g/mol. The van der Waals surface area contributed by atoms with Gasteiger partial charge in [0.25, 0.3) is 0 Å². The standard InChI is InChI=1S/C19H21N3O/c1-22(12-13-8-20-9-13)19-7-15(6-16-10-21-11-18(16)19)14-2-4-17(23)5-3-14/h2-7,11,13,20,23H,8-10,12H2,1H3. The van der Waals surface area contributed by atoms with Gasteiger partial charge in [0.05, 0.1) is 6.54 Å². The molecule has 4 rings (SSSR count). The molecule has 0 radical (unpaired) electrons. The number of nitrogens with one attached hydrogen (secondary N) is 1. The second-order valence-corrected chi connectivity index (χ2v) is 6.49. The van der Waals surface area contributed by atoms with Gasteiger partial charge in [-0.1, -0.05) is 12.1 Å². The van der Waals surface area contributed by atoms with Crippen molar-refractivity contribution in [1.82, 2.24) is 5.32 Å². The minimum Gasteiger partial charge on any atom is -0.508 e. The largest absolute Gasteiger partial charge is 0.508 e. The third-order valence-electron chi connectivity index (χ3n) is 4.74. The Hall–Kier alpha value is -2.33. The Morgan fingerprint density at radius 2 is 1.96 bits per heavy atom. The molecule has 0 spiro atoms. The number of phenols is 1. The molecule has 0 saturated carbocycles. The summed E-state index contributed by atoms with van der Waals surface area (Å²) in [6.07, 6.45) is 2.00. The van der Waals surface area contributed by atoms with E-state index in [0.717, 1.165) is 37.7 Å². The molecule has 1 fully saturated rings. The summed E-state index contributed by atoms with van der Waals surface area (Å²) in [7, 11) is 2.17. The molecular formula is C19H21N3O. The van der Waals surface area contributed by atoms with E-state index in [0.29, 0.717) is 5.75 Å². The molecule has 2 aromatic rings. The molecule has 2 aromatic carbocycles. The molecule has 2 N–H and O–H groups in total. The van der Waals surface area contributed by atoms with Gasteiger partial charge in [0.15, 0.2) is 0 Å². The quantitative estimate of drug-likeness (QED) is 0.913. The molecule has 0 amide bonds. The Labute approximate surface area is 136 Å². The first-order valence-corrected chi connectivity index (χ1v) is 8.09. The van der Waals surface area contributed by atoms with Crippen LogP contribution in [0.5, 0.6) is 5.75 Å². The maximum atomic E-state index is 9.50. The van der Waals surface area contributed by atoms with Crippen molar-refractivity contribution in [3.8, 4) is 16.9 Å². The first-order chi connectivity index (χ1) is 11.2. The Bertz CT molecular complexity index is 748. The number of phenolic OH excluding ortho intramolecular Hbond substituents is 1. The summed E-state index contributed by atoms with van der Waals surface area (Å²) in [5, 5.41) is 12.8. The molecule has 0 atom stereocenters. The molecule has 4 heteroatoms. The molecule has 2 aliphatic rings. The maximum Gasteiger partial charge on any atom is 0.115 e. The highest BCUT2D eigenvalue weighted by Gasteiger charge is 2.22. The number of hydrogen-bond donors (Lipinski definition) is 2. The van der Waals surface area contributed by atoms with E-state index in [2.05, 4.69) is 34.4 Å². The van der Waals surface area contributed by atoms with Crippen molar-refractivity contribution in [1.29, 1.82) is 0 Å². The summed E-state index contributed by atoms with van der Waals surface area (Å²) >= 11 is 0. The van der Waals surface area contributed by atoms with Crippen LogP contribution < -0.4 is 10.2 Å². The number of nitrogens with zero attached hydrogens (tertiary/aromatic N) is 2. The van der Waals surface area contributed by atoms with Crippen molar-refractivity contribution in [3.05, 3.63) is 47.5 Å². The van der Waals surface area contributed by atoms with Crippen molar-refractivity contribution < 1.29 is 5.11 Å². The predicted octanol–water partition coefficient (Wildman–Crippen LogP) is 2.65. The summed E-state index contributed by atoms with van der Waals surface area (Å²) in [5.74, 6) is 1.03. The van der Waals surface area contributed by atoms with Gasteiger partial charge in [-0.05, 0) is 41.0 Å². The van der Waals surface area contributed by atoms with E-state index >= 15 is 0 Å². The second-order valence-electron chi connectivity index (χ2n) is 6.49. The van der Waals surface area contributed by atoms with Gasteiger partial charge in [-0.3, -0.25) is 4.99 Å². The third-order valence-corrected chi connectivity index (χ3v) is 4.74. The number of anilines is 1. The Balaban J connectivity index is 1.71. The highest BCUT2D eigenvalue weighted by molar-refractivity contribution is 5.94. The SMILES string of the molecule is CN(CC1CNC1)c1cc(-c2ccc(O)cc2)cc2c1C=NC2. The van der Waals surface area contributed by atoms with Crippen LogP contribution in [0.2, 0.25) is 0 Å². The zero-order chi connectivity index (χ0) is 15.8. The Kier molecular flexibility index (Phi) is 3.54. The monoisotopic (exact) mass is 307 g/mol. The summed E-state index contributed by atoms with van der Waals surface area (Å²) in [5.41, 5.74) is 6.09. The average Bonchev–Trinajstić information content (AvgIpc) is 2.99. The highest BCUT2D eigenvalue weighted by Crippen LogP contribution is 2.33. The third kappa shape index (κ3) is 2.70. The summed E-state index contributed by atoms with van der Waals surface area (Å²) in [6, 6.07) is 11.9. The van der Waals surface area contributed by atoms with Gasteiger partial charge in [-0.2, -0.15) is 0 Å². The topological polar surface area (TPSA) is 47.9 Å². The molecule has 4 nitrogen and oxygen atoms in total. The number of fused-ring (bicyclic) bond motifs is 1. The molecule has 23 heavy (non-hydrogen) atoms. The van der Waals surface area contributed by atoms with E-state index < -0.39 is 0 Å². The van der Waals surface area contributed by atoms with Crippen molar-refractivity contribution in [3.63, 3.8) is 0 Å². The second kappa shape index (κ2) is 5.70. The van der Waals surface area contributed by atoms with Gasteiger partial charge in [0.1, 0.15) is 5.75 Å². The molecule has 0 bridgehead atoms. The lowest BCUT2D eigenvalue weighted by Crippen LogP contribution is -2.47. The molecule has 0 aromatic heterocycles. The van der Waals surface area contributed by atoms with Crippen LogP contribution in [0.15, 0.2) is 41.4 Å². The highest BCUT2D eigenvalue weighted by atomic mass is 16.3. The van der Waals surface area contributed by atoms with Crippen LogP contribution in [-0.2, 0) is 6.54 Å². The summed E-state index contributed by atoms with van der Waals surface area (Å²) in [4.78, 5) is 6.81. The Morgan fingerprint density at radius 3 is 2.65 bits per heavy atom. The van der Waals surface area contributed by atoms with Gasteiger partial charge >= 0.3 is 0 Å². The fourth-order valence-electron chi connectivity index (χ4n) is 3.31. The van der Waals surface area contributed by atoms with E-state index in [1.54, 1.807) is 12.1 Å². The van der Waals surface area contributed by atoms with Crippen molar-refractivity contribution in [2.45, 2.75) is 6.54 Å². The molecule has 2 heterocycles. The average molecular weight is 307 g/mol. The van der Waals surface area contributed by atoms with Gasteiger partial charge in [-0.15, -0.1) is 0 Å². The van der Waals surface area contributed by atoms with Gasteiger partial charge < -0.3 is 15.3 Å². The minimum atomic E-state index is 0.299. The molecule has 0 aliphatic carbocycles. The van der Waals surface area contributed by atoms with E-state index in [1.807, 2.05) is 18.3 Å². The molecule has 2 aliphatic heterocycles. The van der Waals surface area contributed by atoms with E-state index in [-0.39, 0.29) is 0 Å². The molecule has 1 saturated heterocycles. The van der Waals surface area contributed by atoms with E-state index in [4.69, 9.17) is 0 Å². The first-order valence-electron chi connectivity index (χ1n) is 8.09. The van der Waals surface area contributed by atoms with Crippen molar-refractivity contribution in [2.24, 2.45) is 10.9 Å². The lowest BCUT2D eigenvalue weighted by molar-refractivity contribution is 0.353. The van der Waals surface area contributed by atoms with Crippen molar-refractivity contribution >= 4 is 11.9 Å². The Morgan fingerprint density at radius 1 is 1.17 bits per heavy atom. The van der Waals surface area contributed by atoms with Crippen LogP contribution in [0.25, 0.3) is 11.1 Å². The first kappa shape index (κ1) is 14.3. The molecule has 118 valence electrons. The van der Waals surface area contributed by atoms with Crippen LogP contribution in [-0.4, -0.2) is 38.0 Å². The van der Waals surface area contributed by atoms with Crippen LogP contribution >= 0.6 is 0 Å². The number of aromatic hydroxyl groups is 1. The van der Waals surface area contributed by atoms with Crippen LogP contribution in [0.4, 0.5) is 5.69 Å². The summed E-state index contributed by atoms with van der Waals surface area (Å²) < 4.78 is 0. The van der Waals surface area contributed by atoms with Gasteiger partial charge in [0.2, 0.25) is 0 Å². The van der Waals surface area contributed by atoms with Gasteiger partial charge in [-0.25, -0.2) is 0 Å². The maximum absolute atomic E-state index is 9.50. The van der Waals surface area contributed by atoms with Crippen molar-refractivity contribution in [2.75, 3.05) is 31.6 Å². The lowest BCUT2D eigenvalue weighted by Gasteiger charge is -2.33. The summed E-state index contributed by atoms with van der Waals surface area (Å²) in [6.45, 7) is 4.04. The van der Waals surface area contributed by atoms with E-state index in [1.165, 1.54) is 22.4 Å². The van der Waals surface area contributed by atoms with E-state index in [9.17, 15) is 5.11 Å². The zero-order valence-electron chi connectivity index (χ0n) is 13.3. The minimum absolute atomic E-state index is 0.299. The van der Waals surface area contributed by atoms with Crippen LogP contribution in [0.1, 0.15) is 11.1 Å². The van der Waals surface area contributed by atoms with Gasteiger partial charge in [0, 0.05) is 50.1 Å². The van der Waals surface area contributed by atoms with Crippen LogP contribution in [0.3, 0.4) is 0 Å². The lowest BCUT2D eigenvalue weighted by atomic mass is 9.97.